The van der Waals surface area contributed by atoms with E-state index in [0.29, 0.717) is 25.7 Å². The Kier molecular flexibility index (Phi) is 4.12. The maximum atomic E-state index is 12.6. The molecule has 1 atom stereocenters. The molecule has 2 heterocycles. The van der Waals surface area contributed by atoms with E-state index in [4.69, 9.17) is 4.74 Å². The van der Waals surface area contributed by atoms with Crippen LogP contribution in [0, 0.1) is 0 Å². The third kappa shape index (κ3) is 3.38. The second-order valence-corrected chi connectivity index (χ2v) is 4.48. The van der Waals surface area contributed by atoms with E-state index in [1.807, 2.05) is 0 Å². The largest absolute Gasteiger partial charge is 0.421 e. The number of halogens is 3. The van der Waals surface area contributed by atoms with E-state index in [0.717, 1.165) is 16.8 Å². The van der Waals surface area contributed by atoms with Crippen LogP contribution >= 0.6 is 0 Å². The molecule has 1 aromatic rings. The number of hydrogen-bond donors (Lipinski definition) is 1. The summed E-state index contributed by atoms with van der Waals surface area (Å²) in [5, 5.41) is 2.61. The number of hydrogen-bond acceptors (Lipinski definition) is 3. The Balaban J connectivity index is 2.09. The van der Waals surface area contributed by atoms with Gasteiger partial charge in [-0.3, -0.25) is 9.59 Å². The van der Waals surface area contributed by atoms with Crippen molar-refractivity contribution < 1.29 is 22.7 Å². The summed E-state index contributed by atoms with van der Waals surface area (Å²) in [6.45, 7) is 0.469. The number of carbonyl (C=O) groups excluding carboxylic acids is 1. The van der Waals surface area contributed by atoms with Gasteiger partial charge >= 0.3 is 6.18 Å². The maximum Gasteiger partial charge on any atom is 0.421 e. The van der Waals surface area contributed by atoms with Gasteiger partial charge in [-0.05, 0) is 18.6 Å². The standard InChI is InChI=1S/C12H13F3N2O3/c13-12(14,15)9-2-1-4-17(11(9)19)6-10(18)16-8-3-5-20-7-8/h1-2,4,8H,3,5-7H2,(H,16,18)/t8-/m0/s1. The fraction of sp³-hybridized carbons (Fsp3) is 0.500. The van der Waals surface area contributed by atoms with Crippen molar-refractivity contribution in [2.24, 2.45) is 0 Å². The minimum Gasteiger partial charge on any atom is -0.379 e. The number of ether oxygens (including phenoxy) is 1. The average Bonchev–Trinajstić information content (AvgIpc) is 2.83. The molecular weight excluding hydrogens is 277 g/mol. The van der Waals surface area contributed by atoms with Crippen LogP contribution in [0.1, 0.15) is 12.0 Å². The summed E-state index contributed by atoms with van der Waals surface area (Å²) < 4.78 is 43.5. The molecule has 0 radical (unpaired) electrons. The van der Waals surface area contributed by atoms with Crippen LogP contribution in [0.2, 0.25) is 0 Å². The number of carbonyl (C=O) groups is 1. The molecule has 110 valence electrons. The quantitative estimate of drug-likeness (QED) is 0.894. The van der Waals surface area contributed by atoms with Crippen molar-refractivity contribution in [1.82, 2.24) is 9.88 Å². The Labute approximate surface area is 112 Å². The summed E-state index contributed by atoms with van der Waals surface area (Å²) in [6, 6.07) is 1.64. The number of amides is 1. The number of rotatable bonds is 3. The maximum absolute atomic E-state index is 12.6. The van der Waals surface area contributed by atoms with E-state index in [-0.39, 0.29) is 6.04 Å². The average molecular weight is 290 g/mol. The minimum atomic E-state index is -4.73. The number of pyridine rings is 1. The van der Waals surface area contributed by atoms with Crippen LogP contribution in [-0.4, -0.2) is 29.7 Å². The van der Waals surface area contributed by atoms with Crippen LogP contribution in [0.15, 0.2) is 23.1 Å². The lowest BCUT2D eigenvalue weighted by Gasteiger charge is -2.13. The molecule has 1 aliphatic heterocycles. The minimum absolute atomic E-state index is 0.149. The molecule has 1 aliphatic rings. The second-order valence-electron chi connectivity index (χ2n) is 4.48. The Morgan fingerprint density at radius 2 is 2.25 bits per heavy atom. The molecule has 0 aromatic carbocycles. The Hall–Kier alpha value is -1.83. The molecule has 2 rings (SSSR count). The molecular formula is C12H13F3N2O3. The SMILES string of the molecule is O=C(Cn1cccc(C(F)(F)F)c1=O)N[C@H]1CCOC1. The number of nitrogens with one attached hydrogen (secondary N) is 1. The summed E-state index contributed by atoms with van der Waals surface area (Å²) >= 11 is 0. The molecule has 8 heteroatoms. The first kappa shape index (κ1) is 14.6. The molecule has 0 aliphatic carbocycles. The highest BCUT2D eigenvalue weighted by molar-refractivity contribution is 5.76. The van der Waals surface area contributed by atoms with Crippen molar-refractivity contribution in [3.8, 4) is 0 Å². The first-order valence-corrected chi connectivity index (χ1v) is 6.01. The Morgan fingerprint density at radius 1 is 1.50 bits per heavy atom. The zero-order chi connectivity index (χ0) is 14.8. The summed E-state index contributed by atoms with van der Waals surface area (Å²) in [4.78, 5) is 23.3. The van der Waals surface area contributed by atoms with Crippen molar-refractivity contribution >= 4 is 5.91 Å². The van der Waals surface area contributed by atoms with Crippen molar-refractivity contribution in [3.05, 3.63) is 34.2 Å². The summed E-state index contributed by atoms with van der Waals surface area (Å²) in [5.41, 5.74) is -2.50. The predicted octanol–water partition coefficient (Wildman–Crippen LogP) is 0.772. The summed E-state index contributed by atoms with van der Waals surface area (Å²) in [6.07, 6.45) is -2.92. The van der Waals surface area contributed by atoms with Gasteiger partial charge in [0.2, 0.25) is 5.91 Å². The molecule has 1 aromatic heterocycles. The number of nitrogens with zero attached hydrogens (tertiary/aromatic N) is 1. The number of aromatic nitrogens is 1. The molecule has 1 N–H and O–H groups in total. The van der Waals surface area contributed by atoms with Crippen LogP contribution in [0.25, 0.3) is 0 Å². The zero-order valence-corrected chi connectivity index (χ0v) is 10.4. The molecule has 0 bridgehead atoms. The second kappa shape index (κ2) is 5.66. The van der Waals surface area contributed by atoms with E-state index in [1.54, 1.807) is 0 Å². The van der Waals surface area contributed by atoms with E-state index in [2.05, 4.69) is 5.32 Å². The van der Waals surface area contributed by atoms with Gasteiger partial charge in [0.05, 0.1) is 12.6 Å². The van der Waals surface area contributed by atoms with Crippen LogP contribution in [-0.2, 0) is 22.3 Å². The zero-order valence-electron chi connectivity index (χ0n) is 10.4. The van der Waals surface area contributed by atoms with Crippen molar-refractivity contribution in [2.45, 2.75) is 25.2 Å². The first-order valence-electron chi connectivity index (χ1n) is 6.01. The van der Waals surface area contributed by atoms with E-state index in [9.17, 15) is 22.8 Å². The molecule has 5 nitrogen and oxygen atoms in total. The lowest BCUT2D eigenvalue weighted by molar-refractivity contribution is -0.139. The Morgan fingerprint density at radius 3 is 2.85 bits per heavy atom. The van der Waals surface area contributed by atoms with Crippen LogP contribution < -0.4 is 10.9 Å². The van der Waals surface area contributed by atoms with Gasteiger partial charge in [-0.2, -0.15) is 13.2 Å². The smallest absolute Gasteiger partial charge is 0.379 e. The highest BCUT2D eigenvalue weighted by atomic mass is 19.4. The summed E-state index contributed by atoms with van der Waals surface area (Å²) in [7, 11) is 0. The molecule has 0 spiro atoms. The van der Waals surface area contributed by atoms with Crippen molar-refractivity contribution in [1.29, 1.82) is 0 Å². The predicted molar refractivity (Wildman–Crippen MR) is 63.1 cm³/mol. The van der Waals surface area contributed by atoms with Crippen LogP contribution in [0.5, 0.6) is 0 Å². The van der Waals surface area contributed by atoms with Gasteiger partial charge in [-0.1, -0.05) is 0 Å². The Bertz CT molecular complexity index is 548. The normalized spacial score (nSPS) is 19.1. The molecule has 1 fully saturated rings. The number of alkyl halides is 3. The lowest BCUT2D eigenvalue weighted by atomic mass is 10.2. The molecule has 20 heavy (non-hydrogen) atoms. The fourth-order valence-corrected chi connectivity index (χ4v) is 1.95. The fourth-order valence-electron chi connectivity index (χ4n) is 1.95. The van der Waals surface area contributed by atoms with Crippen LogP contribution in [0.3, 0.4) is 0 Å². The monoisotopic (exact) mass is 290 g/mol. The van der Waals surface area contributed by atoms with Crippen molar-refractivity contribution in [2.75, 3.05) is 13.2 Å². The van der Waals surface area contributed by atoms with Gasteiger partial charge in [0, 0.05) is 12.8 Å². The van der Waals surface area contributed by atoms with Crippen LogP contribution in [0.4, 0.5) is 13.2 Å². The van der Waals surface area contributed by atoms with Gasteiger partial charge < -0.3 is 14.6 Å². The third-order valence-corrected chi connectivity index (χ3v) is 2.93. The van der Waals surface area contributed by atoms with Gasteiger partial charge in [-0.15, -0.1) is 0 Å². The van der Waals surface area contributed by atoms with E-state index < -0.39 is 29.8 Å². The third-order valence-electron chi connectivity index (χ3n) is 2.93. The first-order chi connectivity index (χ1) is 9.38. The lowest BCUT2D eigenvalue weighted by Crippen LogP contribution is -2.40. The molecule has 0 saturated carbocycles. The summed E-state index contributed by atoms with van der Waals surface area (Å²) in [5.74, 6) is -0.512. The van der Waals surface area contributed by atoms with E-state index >= 15 is 0 Å². The van der Waals surface area contributed by atoms with Gasteiger partial charge in [0.1, 0.15) is 12.1 Å². The van der Waals surface area contributed by atoms with Crippen molar-refractivity contribution in [3.63, 3.8) is 0 Å². The topological polar surface area (TPSA) is 60.3 Å². The van der Waals surface area contributed by atoms with Gasteiger partial charge in [-0.25, -0.2) is 0 Å². The molecule has 1 amide bonds. The molecule has 1 saturated heterocycles. The highest BCUT2D eigenvalue weighted by Gasteiger charge is 2.34. The highest BCUT2D eigenvalue weighted by Crippen LogP contribution is 2.25. The molecule has 0 unspecified atom stereocenters. The van der Waals surface area contributed by atoms with Gasteiger partial charge in [0.15, 0.2) is 0 Å². The van der Waals surface area contributed by atoms with Gasteiger partial charge in [0.25, 0.3) is 5.56 Å². The van der Waals surface area contributed by atoms with E-state index in [1.165, 1.54) is 0 Å².